The Hall–Kier alpha value is -5.74. The Bertz CT molecular complexity index is 2760. The molecular formula is C41H48N12O2S2. The molecule has 8 aromatic heterocycles. The highest BCUT2D eigenvalue weighted by Crippen LogP contribution is 2.33. The number of hydrogen-bond donors (Lipinski definition) is 2. The number of nitrogens with zero attached hydrogens (tertiary/aromatic N) is 10. The van der Waals surface area contributed by atoms with Crippen molar-refractivity contribution in [3.63, 3.8) is 0 Å². The van der Waals surface area contributed by atoms with Crippen LogP contribution >= 0.6 is 11.8 Å². The second-order valence-electron chi connectivity index (χ2n) is 14.0. The van der Waals surface area contributed by atoms with Gasteiger partial charge in [-0.3, -0.25) is 9.36 Å². The number of nitrogens with one attached hydrogen (secondary N) is 2. The minimum absolute atomic E-state index is 0. The van der Waals surface area contributed by atoms with Crippen LogP contribution in [-0.4, -0.2) is 80.4 Å². The zero-order chi connectivity index (χ0) is 39.7. The van der Waals surface area contributed by atoms with Gasteiger partial charge in [0.05, 0.1) is 23.8 Å². The Labute approximate surface area is 337 Å². The largest absolute Gasteiger partial charge is 0.345 e. The maximum absolute atomic E-state index is 12.0. The smallest absolute Gasteiger partial charge is 0.247 e. The zero-order valence-electron chi connectivity index (χ0n) is 32.6. The third kappa shape index (κ3) is 8.66. The molecule has 2 N–H and O–H groups in total. The lowest BCUT2D eigenvalue weighted by Crippen LogP contribution is -2.07. The van der Waals surface area contributed by atoms with Gasteiger partial charge in [0.1, 0.15) is 11.3 Å². The van der Waals surface area contributed by atoms with Crippen LogP contribution < -0.4 is 0 Å². The molecule has 0 aliphatic heterocycles. The Balaban J connectivity index is 0.000000190. The summed E-state index contributed by atoms with van der Waals surface area (Å²) in [7, 11) is -3.52. The predicted octanol–water partition coefficient (Wildman–Crippen LogP) is 8.81. The van der Waals surface area contributed by atoms with Crippen LogP contribution in [-0.2, 0) is 22.7 Å². The van der Waals surface area contributed by atoms with Gasteiger partial charge in [-0.2, -0.15) is 10.2 Å². The molecule has 0 aliphatic carbocycles. The number of aromatic amines is 2. The van der Waals surface area contributed by atoms with Crippen LogP contribution in [0.5, 0.6) is 0 Å². The fourth-order valence-electron chi connectivity index (χ4n) is 6.13. The lowest BCUT2D eigenvalue weighted by Gasteiger charge is -2.06. The summed E-state index contributed by atoms with van der Waals surface area (Å²) in [5.74, 6) is 0. The lowest BCUT2D eigenvalue weighted by atomic mass is 10.1. The average Bonchev–Trinajstić information content (AvgIpc) is 4.03. The number of hydrogen-bond acceptors (Lipinski definition) is 11. The second kappa shape index (κ2) is 16.8. The van der Waals surface area contributed by atoms with E-state index < -0.39 is 9.84 Å². The van der Waals surface area contributed by atoms with Gasteiger partial charge in [0.2, 0.25) is 15.0 Å². The van der Waals surface area contributed by atoms with Gasteiger partial charge in [0.15, 0.2) is 5.16 Å². The van der Waals surface area contributed by atoms with Gasteiger partial charge in [-0.05, 0) is 71.1 Å². The van der Waals surface area contributed by atoms with Gasteiger partial charge in [-0.25, -0.2) is 38.3 Å². The van der Waals surface area contributed by atoms with Gasteiger partial charge >= 0.3 is 0 Å². The topological polar surface area (TPSA) is 179 Å². The molecule has 0 amide bonds. The number of aromatic nitrogens is 12. The quantitative estimate of drug-likeness (QED) is 0.0997. The van der Waals surface area contributed by atoms with Crippen molar-refractivity contribution in [2.45, 2.75) is 84.2 Å². The second-order valence-corrected chi connectivity index (χ2v) is 16.7. The van der Waals surface area contributed by atoms with Crippen LogP contribution in [0.1, 0.15) is 72.4 Å². The molecule has 0 aliphatic rings. The first-order valence-electron chi connectivity index (χ1n) is 18.4. The van der Waals surface area contributed by atoms with E-state index >= 15 is 0 Å². The number of thioether (sulfide) groups is 1. The Morgan fingerprint density at radius 1 is 0.667 bits per heavy atom. The summed E-state index contributed by atoms with van der Waals surface area (Å²) in [6.07, 6.45) is 19.8. The molecule has 0 atom stereocenters. The summed E-state index contributed by atoms with van der Waals surface area (Å²) in [4.78, 5) is 33.3. The Morgan fingerprint density at radius 3 is 1.56 bits per heavy atom. The van der Waals surface area contributed by atoms with E-state index in [4.69, 9.17) is 4.98 Å². The maximum atomic E-state index is 12.0. The molecule has 0 radical (unpaired) electrons. The van der Waals surface area contributed by atoms with E-state index in [1.165, 1.54) is 0 Å². The molecule has 8 heterocycles. The first kappa shape index (κ1) is 40.9. The fourth-order valence-corrected chi connectivity index (χ4v) is 7.07. The first-order chi connectivity index (χ1) is 26.8. The molecule has 0 fully saturated rings. The molecule has 8 rings (SSSR count). The summed E-state index contributed by atoms with van der Waals surface area (Å²) in [6.45, 7) is 12.4. The molecule has 16 heteroatoms. The SMILES string of the molecule is C.CCc1cc(-c2c[nH]c3ncc(-c4cnn(C(C)C)c4)cc23)nc(S(C)(=O)=O)n1.CCc1cc(-c2c[nH]c3ncc(-c4cnn(C(C)C)c4)cc23)nc(SC)n1. The molecule has 14 nitrogen and oxygen atoms in total. The van der Waals surface area contributed by atoms with E-state index in [2.05, 4.69) is 98.0 Å². The van der Waals surface area contributed by atoms with E-state index in [0.29, 0.717) is 29.5 Å². The van der Waals surface area contributed by atoms with E-state index in [-0.39, 0.29) is 18.6 Å². The van der Waals surface area contributed by atoms with Crippen molar-refractivity contribution in [1.82, 2.24) is 59.4 Å². The summed E-state index contributed by atoms with van der Waals surface area (Å²) in [5, 5.41) is 11.4. The zero-order valence-corrected chi connectivity index (χ0v) is 34.2. The van der Waals surface area contributed by atoms with Crippen LogP contribution in [0.15, 0.2) is 84.2 Å². The van der Waals surface area contributed by atoms with Crippen LogP contribution in [0.4, 0.5) is 0 Å². The average molecular weight is 805 g/mol. The number of rotatable bonds is 10. The fraction of sp³-hybridized carbons (Fsp3) is 0.317. The lowest BCUT2D eigenvalue weighted by molar-refractivity contribution is 0.532. The standard InChI is InChI=1S/C20H22N6O2S.C20H22N6S.CH4/c1-5-15-7-18(25-20(24-15)29(4,27)28)17-10-22-19-16(17)6-13(8-21-19)14-9-23-26(11-14)12(2)3;1-5-15-7-18(25-20(24-15)27-4)17-10-22-19-16(17)6-13(8-21-19)14-9-23-26(11-14)12(2)3;/h6-12H,5H2,1-4H3,(H,21,22);6-12H,5H2,1-4H3,(H,21,22);1H4. The van der Waals surface area contributed by atoms with Gasteiger partial charge in [-0.15, -0.1) is 0 Å². The molecule has 0 spiro atoms. The normalized spacial score (nSPS) is 11.7. The molecule has 0 bridgehead atoms. The first-order valence-corrected chi connectivity index (χ1v) is 21.5. The third-order valence-electron chi connectivity index (χ3n) is 9.30. The predicted molar refractivity (Wildman–Crippen MR) is 228 cm³/mol. The number of sulfone groups is 1. The number of aryl methyl sites for hydroxylation is 2. The monoisotopic (exact) mass is 804 g/mol. The molecule has 0 saturated carbocycles. The number of fused-ring (bicyclic) bond motifs is 2. The van der Waals surface area contributed by atoms with Crippen LogP contribution in [0.3, 0.4) is 0 Å². The molecule has 8 aromatic rings. The van der Waals surface area contributed by atoms with Gasteiger partial charge in [-0.1, -0.05) is 33.0 Å². The van der Waals surface area contributed by atoms with Crippen molar-refractivity contribution >= 4 is 43.7 Å². The molecular weight excluding hydrogens is 757 g/mol. The Morgan fingerprint density at radius 2 is 1.14 bits per heavy atom. The van der Waals surface area contributed by atoms with E-state index in [1.54, 1.807) is 24.2 Å². The van der Waals surface area contributed by atoms with Gasteiger partial charge < -0.3 is 9.97 Å². The minimum Gasteiger partial charge on any atom is -0.345 e. The van der Waals surface area contributed by atoms with E-state index in [1.807, 2.05) is 65.7 Å². The van der Waals surface area contributed by atoms with Gasteiger partial charge in [0, 0.05) is 111 Å². The highest BCUT2D eigenvalue weighted by atomic mass is 32.2. The van der Waals surface area contributed by atoms with Crippen molar-refractivity contribution in [1.29, 1.82) is 0 Å². The Kier molecular flexibility index (Phi) is 12.0. The highest BCUT2D eigenvalue weighted by molar-refractivity contribution is 7.98. The van der Waals surface area contributed by atoms with E-state index in [0.717, 1.165) is 79.0 Å². The summed E-state index contributed by atoms with van der Waals surface area (Å²) < 4.78 is 27.9. The third-order valence-corrected chi connectivity index (χ3v) is 10.7. The van der Waals surface area contributed by atoms with Crippen LogP contribution in [0.25, 0.3) is 66.8 Å². The van der Waals surface area contributed by atoms with E-state index in [9.17, 15) is 8.42 Å². The summed E-state index contributed by atoms with van der Waals surface area (Å²) in [6, 6.07) is 8.65. The van der Waals surface area contributed by atoms with Crippen LogP contribution in [0.2, 0.25) is 0 Å². The molecule has 0 unspecified atom stereocenters. The maximum Gasteiger partial charge on any atom is 0.247 e. The van der Waals surface area contributed by atoms with Crippen molar-refractivity contribution in [2.24, 2.45) is 0 Å². The molecule has 57 heavy (non-hydrogen) atoms. The molecule has 296 valence electrons. The highest BCUT2D eigenvalue weighted by Gasteiger charge is 2.18. The number of H-pyrrole nitrogens is 2. The molecule has 0 aromatic carbocycles. The van der Waals surface area contributed by atoms with Gasteiger partial charge in [0.25, 0.3) is 0 Å². The van der Waals surface area contributed by atoms with Crippen molar-refractivity contribution in [2.75, 3.05) is 12.5 Å². The number of pyridine rings is 2. The summed E-state index contributed by atoms with van der Waals surface area (Å²) in [5.41, 5.74) is 10.6. The minimum atomic E-state index is -3.52. The summed E-state index contributed by atoms with van der Waals surface area (Å²) >= 11 is 1.56. The molecule has 0 saturated heterocycles. The van der Waals surface area contributed by atoms with Crippen molar-refractivity contribution in [3.05, 3.63) is 85.2 Å². The van der Waals surface area contributed by atoms with Crippen molar-refractivity contribution in [3.8, 4) is 44.8 Å². The van der Waals surface area contributed by atoms with Crippen molar-refractivity contribution < 1.29 is 8.42 Å². The van der Waals surface area contributed by atoms with Crippen LogP contribution in [0, 0.1) is 0 Å².